The van der Waals surface area contributed by atoms with Crippen molar-refractivity contribution >= 4 is 11.9 Å². The number of carbonyl (C=O) groups is 2. The minimum atomic E-state index is -0.935. The molecule has 0 aliphatic carbocycles. The average Bonchev–Trinajstić information content (AvgIpc) is 2.28. The van der Waals surface area contributed by atoms with E-state index in [-0.39, 0.29) is 5.57 Å². The Hall–Kier alpha value is -1.58. The van der Waals surface area contributed by atoms with Gasteiger partial charge in [0.1, 0.15) is 0 Å². The summed E-state index contributed by atoms with van der Waals surface area (Å²) in [6, 6.07) is 0. The minimum Gasteiger partial charge on any atom is -0.478 e. The van der Waals surface area contributed by atoms with E-state index in [9.17, 15) is 9.59 Å². The molecule has 0 saturated carbocycles. The Morgan fingerprint density at radius 2 is 1.47 bits per heavy atom. The first-order chi connectivity index (χ1) is 8.68. The van der Waals surface area contributed by atoms with Gasteiger partial charge in [0.15, 0.2) is 0 Å². The van der Waals surface area contributed by atoms with Crippen LogP contribution in [-0.2, 0) is 9.59 Å². The van der Waals surface area contributed by atoms with E-state index in [1.54, 1.807) is 0 Å². The standard InChI is InChI=1S/C11H20O2.C4H6O2/c1-9(2)7-5-4-6-8-10(3)11(12)13;1-3(2)4(5)6/h9H,3-8H2,1-2H3,(H,12,13);1H2,2H3,(H,5,6). The van der Waals surface area contributed by atoms with Gasteiger partial charge in [-0.3, -0.25) is 0 Å². The first-order valence-electron chi connectivity index (χ1n) is 6.48. The highest BCUT2D eigenvalue weighted by atomic mass is 16.4. The fourth-order valence-electron chi connectivity index (χ4n) is 1.17. The lowest BCUT2D eigenvalue weighted by Gasteiger charge is -2.03. The number of carboxylic acids is 2. The second kappa shape index (κ2) is 11.5. The molecule has 19 heavy (non-hydrogen) atoms. The average molecular weight is 270 g/mol. The highest BCUT2D eigenvalue weighted by molar-refractivity contribution is 5.85. The minimum absolute atomic E-state index is 0.176. The molecule has 0 atom stereocenters. The molecular formula is C15H26O4. The molecule has 110 valence electrons. The number of hydrogen-bond acceptors (Lipinski definition) is 2. The maximum atomic E-state index is 10.4. The molecule has 0 spiro atoms. The summed E-state index contributed by atoms with van der Waals surface area (Å²) in [5, 5.41) is 16.4. The zero-order valence-corrected chi connectivity index (χ0v) is 12.2. The van der Waals surface area contributed by atoms with Crippen LogP contribution in [0.5, 0.6) is 0 Å². The van der Waals surface area contributed by atoms with Gasteiger partial charge in [-0.05, 0) is 25.7 Å². The van der Waals surface area contributed by atoms with Crippen molar-refractivity contribution < 1.29 is 19.8 Å². The van der Waals surface area contributed by atoms with Gasteiger partial charge in [-0.25, -0.2) is 9.59 Å². The van der Waals surface area contributed by atoms with Gasteiger partial charge in [0, 0.05) is 11.1 Å². The molecule has 0 bridgehead atoms. The van der Waals surface area contributed by atoms with Crippen LogP contribution in [0.15, 0.2) is 24.3 Å². The zero-order valence-electron chi connectivity index (χ0n) is 12.2. The molecule has 0 aliphatic heterocycles. The molecule has 0 fully saturated rings. The molecule has 4 heteroatoms. The Labute approximate surface area is 115 Å². The third kappa shape index (κ3) is 16.4. The van der Waals surface area contributed by atoms with Crippen molar-refractivity contribution in [2.24, 2.45) is 5.92 Å². The van der Waals surface area contributed by atoms with Crippen molar-refractivity contribution in [3.05, 3.63) is 24.3 Å². The molecule has 0 unspecified atom stereocenters. The van der Waals surface area contributed by atoms with Crippen LogP contribution in [-0.4, -0.2) is 22.2 Å². The highest BCUT2D eigenvalue weighted by Gasteiger charge is 2.02. The largest absolute Gasteiger partial charge is 0.478 e. The zero-order chi connectivity index (χ0) is 15.4. The monoisotopic (exact) mass is 270 g/mol. The molecule has 0 amide bonds. The van der Waals surface area contributed by atoms with E-state index in [1.165, 1.54) is 19.8 Å². The lowest BCUT2D eigenvalue weighted by molar-refractivity contribution is -0.133. The molecule has 0 saturated heterocycles. The van der Waals surface area contributed by atoms with Gasteiger partial charge < -0.3 is 10.2 Å². The molecule has 0 aliphatic rings. The highest BCUT2D eigenvalue weighted by Crippen LogP contribution is 2.12. The van der Waals surface area contributed by atoms with Gasteiger partial charge in [-0.1, -0.05) is 46.3 Å². The van der Waals surface area contributed by atoms with Crippen LogP contribution in [0.2, 0.25) is 0 Å². The maximum Gasteiger partial charge on any atom is 0.330 e. The normalized spacial score (nSPS) is 9.47. The topological polar surface area (TPSA) is 74.6 Å². The molecule has 0 aromatic rings. The van der Waals surface area contributed by atoms with Crippen LogP contribution in [0, 0.1) is 5.92 Å². The van der Waals surface area contributed by atoms with Crippen LogP contribution in [0.1, 0.15) is 52.9 Å². The van der Waals surface area contributed by atoms with E-state index in [2.05, 4.69) is 27.0 Å². The van der Waals surface area contributed by atoms with Gasteiger partial charge in [0.2, 0.25) is 0 Å². The second-order valence-corrected chi connectivity index (χ2v) is 4.99. The van der Waals surface area contributed by atoms with Crippen LogP contribution in [0.3, 0.4) is 0 Å². The summed E-state index contributed by atoms with van der Waals surface area (Å²) < 4.78 is 0. The Bertz CT molecular complexity index is 304. The van der Waals surface area contributed by atoms with Crippen molar-refractivity contribution in [2.75, 3.05) is 0 Å². The summed E-state index contributed by atoms with van der Waals surface area (Å²) in [5.41, 5.74) is 0.513. The summed E-state index contributed by atoms with van der Waals surface area (Å²) in [4.78, 5) is 20.0. The fraction of sp³-hybridized carbons (Fsp3) is 0.600. The van der Waals surface area contributed by atoms with Gasteiger partial charge in [-0.2, -0.15) is 0 Å². The predicted molar refractivity (Wildman–Crippen MR) is 77.1 cm³/mol. The second-order valence-electron chi connectivity index (χ2n) is 4.99. The van der Waals surface area contributed by atoms with Crippen LogP contribution >= 0.6 is 0 Å². The van der Waals surface area contributed by atoms with E-state index in [0.717, 1.165) is 18.8 Å². The third-order valence-corrected chi connectivity index (χ3v) is 2.43. The van der Waals surface area contributed by atoms with Gasteiger partial charge >= 0.3 is 11.9 Å². The number of carboxylic acid groups (broad SMARTS) is 2. The molecule has 4 nitrogen and oxygen atoms in total. The molecule has 2 N–H and O–H groups in total. The molecule has 0 aromatic carbocycles. The Morgan fingerprint density at radius 1 is 1.00 bits per heavy atom. The van der Waals surface area contributed by atoms with Crippen molar-refractivity contribution in [2.45, 2.75) is 52.9 Å². The van der Waals surface area contributed by atoms with Gasteiger partial charge in [0.05, 0.1) is 0 Å². The predicted octanol–water partition coefficient (Wildman–Crippen LogP) is 3.88. The number of rotatable bonds is 8. The van der Waals surface area contributed by atoms with Crippen LogP contribution in [0.4, 0.5) is 0 Å². The summed E-state index contributed by atoms with van der Waals surface area (Å²) in [6.07, 6.45) is 5.14. The van der Waals surface area contributed by atoms with Gasteiger partial charge in [-0.15, -0.1) is 0 Å². The van der Waals surface area contributed by atoms with Crippen LogP contribution in [0.25, 0.3) is 0 Å². The van der Waals surface area contributed by atoms with Gasteiger partial charge in [0.25, 0.3) is 0 Å². The number of aliphatic carboxylic acids is 2. The van der Waals surface area contributed by atoms with E-state index in [4.69, 9.17) is 10.2 Å². The number of hydrogen-bond donors (Lipinski definition) is 2. The lowest BCUT2D eigenvalue weighted by atomic mass is 10.0. The summed E-state index contributed by atoms with van der Waals surface area (Å²) >= 11 is 0. The van der Waals surface area contributed by atoms with E-state index >= 15 is 0 Å². The first kappa shape index (κ1) is 19.8. The third-order valence-electron chi connectivity index (χ3n) is 2.43. The first-order valence-corrected chi connectivity index (χ1v) is 6.48. The Balaban J connectivity index is 0. The SMILES string of the molecule is C=C(C)C(=O)O.C=C(CCCCCC(C)C)C(=O)O. The smallest absolute Gasteiger partial charge is 0.330 e. The quantitative estimate of drug-likeness (QED) is 0.518. The molecule has 0 aromatic heterocycles. The molecule has 0 heterocycles. The van der Waals surface area contributed by atoms with E-state index < -0.39 is 11.9 Å². The number of unbranched alkanes of at least 4 members (excludes halogenated alkanes) is 2. The Kier molecular flexibility index (Phi) is 12.0. The van der Waals surface area contributed by atoms with E-state index in [0.29, 0.717) is 12.0 Å². The fourth-order valence-corrected chi connectivity index (χ4v) is 1.17. The van der Waals surface area contributed by atoms with Crippen molar-refractivity contribution in [3.8, 4) is 0 Å². The van der Waals surface area contributed by atoms with Crippen molar-refractivity contribution in [3.63, 3.8) is 0 Å². The van der Waals surface area contributed by atoms with Crippen LogP contribution < -0.4 is 0 Å². The lowest BCUT2D eigenvalue weighted by Crippen LogP contribution is -1.98. The molecule has 0 radical (unpaired) electrons. The molecular weight excluding hydrogens is 244 g/mol. The van der Waals surface area contributed by atoms with Crippen molar-refractivity contribution in [1.82, 2.24) is 0 Å². The summed E-state index contributed by atoms with van der Waals surface area (Å²) in [5.74, 6) is -1.04. The summed E-state index contributed by atoms with van der Waals surface area (Å²) in [6.45, 7) is 12.5. The van der Waals surface area contributed by atoms with E-state index in [1.807, 2.05) is 0 Å². The molecule has 0 rings (SSSR count). The van der Waals surface area contributed by atoms with Crippen molar-refractivity contribution in [1.29, 1.82) is 0 Å². The Morgan fingerprint density at radius 3 is 1.79 bits per heavy atom. The summed E-state index contributed by atoms with van der Waals surface area (Å²) in [7, 11) is 0. The maximum absolute atomic E-state index is 10.4.